The van der Waals surface area contributed by atoms with Crippen LogP contribution in [0.5, 0.6) is 0 Å². The Balaban J connectivity index is 1.66. The number of rotatable bonds is 6. The number of piperidine rings is 1. The summed E-state index contributed by atoms with van der Waals surface area (Å²) in [7, 11) is 0. The van der Waals surface area contributed by atoms with Crippen molar-refractivity contribution in [3.05, 3.63) is 35.1 Å². The molecule has 2 aliphatic rings. The highest BCUT2D eigenvalue weighted by Crippen LogP contribution is 2.46. The molecule has 1 saturated carbocycles. The van der Waals surface area contributed by atoms with Crippen LogP contribution < -0.4 is 0 Å². The van der Waals surface area contributed by atoms with Crippen LogP contribution in [0.15, 0.2) is 12.1 Å². The summed E-state index contributed by atoms with van der Waals surface area (Å²) in [5.74, 6) is -3.59. The first-order valence-electron chi connectivity index (χ1n) is 9.43. The number of carbonyl (C=O) groups is 2. The molecule has 4 nitrogen and oxygen atoms in total. The fraction of sp³-hybridized carbons (Fsp3) is 0.600. The van der Waals surface area contributed by atoms with E-state index in [1.807, 2.05) is 0 Å². The van der Waals surface area contributed by atoms with Crippen molar-refractivity contribution in [3.8, 4) is 0 Å². The quantitative estimate of drug-likeness (QED) is 0.557. The van der Waals surface area contributed by atoms with Gasteiger partial charge >= 0.3 is 5.97 Å². The zero-order valence-corrected chi connectivity index (χ0v) is 15.4. The average molecular weight is 383 g/mol. The lowest BCUT2D eigenvalue weighted by molar-refractivity contribution is -0.161. The summed E-state index contributed by atoms with van der Waals surface area (Å²) in [5, 5.41) is 0. The third-order valence-corrected chi connectivity index (χ3v) is 5.62. The predicted octanol–water partition coefficient (Wildman–Crippen LogP) is 3.62. The molecule has 27 heavy (non-hydrogen) atoms. The van der Waals surface area contributed by atoms with Crippen LogP contribution in [-0.2, 0) is 20.7 Å². The molecule has 0 aromatic heterocycles. The van der Waals surface area contributed by atoms with Crippen molar-refractivity contribution in [1.29, 1.82) is 0 Å². The highest BCUT2D eigenvalue weighted by atomic mass is 19.2. The number of halogens is 3. The minimum atomic E-state index is -1.32. The van der Waals surface area contributed by atoms with Gasteiger partial charge in [-0.25, -0.2) is 13.2 Å². The topological polar surface area (TPSA) is 46.6 Å². The van der Waals surface area contributed by atoms with Gasteiger partial charge in [-0.3, -0.25) is 9.59 Å². The molecule has 2 fully saturated rings. The molecule has 0 N–H and O–H groups in total. The Hall–Kier alpha value is -2.05. The van der Waals surface area contributed by atoms with Crippen LogP contribution >= 0.6 is 0 Å². The molecular weight excluding hydrogens is 359 g/mol. The van der Waals surface area contributed by atoms with E-state index >= 15 is 0 Å². The van der Waals surface area contributed by atoms with Crippen molar-refractivity contribution < 1.29 is 27.5 Å². The van der Waals surface area contributed by atoms with E-state index in [2.05, 4.69) is 0 Å². The van der Waals surface area contributed by atoms with Crippen molar-refractivity contribution in [2.75, 3.05) is 19.7 Å². The third kappa shape index (κ3) is 4.28. The van der Waals surface area contributed by atoms with E-state index in [9.17, 15) is 22.8 Å². The number of ether oxygens (including phenoxy) is 1. The molecule has 1 aromatic rings. The molecule has 0 unspecified atom stereocenters. The van der Waals surface area contributed by atoms with Gasteiger partial charge in [0.25, 0.3) is 0 Å². The molecule has 3 rings (SSSR count). The Labute approximate surface area is 156 Å². The summed E-state index contributed by atoms with van der Waals surface area (Å²) in [6.45, 7) is 2.72. The Kier molecular flexibility index (Phi) is 5.77. The van der Waals surface area contributed by atoms with Crippen molar-refractivity contribution >= 4 is 11.9 Å². The molecule has 1 saturated heterocycles. The molecule has 1 aliphatic carbocycles. The summed E-state index contributed by atoms with van der Waals surface area (Å²) < 4.78 is 46.2. The number of benzene rings is 1. The molecule has 0 radical (unpaired) electrons. The zero-order valence-electron chi connectivity index (χ0n) is 15.4. The molecule has 7 heteroatoms. The number of carbonyl (C=O) groups excluding carboxylic acids is 2. The maximum absolute atomic E-state index is 13.8. The van der Waals surface area contributed by atoms with Gasteiger partial charge in [-0.05, 0) is 44.2 Å². The van der Waals surface area contributed by atoms with Crippen LogP contribution in [0, 0.1) is 28.8 Å². The van der Waals surface area contributed by atoms with Crippen LogP contribution in [0.2, 0.25) is 0 Å². The van der Waals surface area contributed by atoms with E-state index in [4.69, 9.17) is 4.74 Å². The van der Waals surface area contributed by atoms with Crippen LogP contribution in [0.25, 0.3) is 0 Å². The second kappa shape index (κ2) is 7.90. The molecule has 0 spiro atoms. The molecule has 1 amide bonds. The van der Waals surface area contributed by atoms with Crippen molar-refractivity contribution in [2.24, 2.45) is 11.3 Å². The molecule has 1 heterocycles. The largest absolute Gasteiger partial charge is 0.466 e. The summed E-state index contributed by atoms with van der Waals surface area (Å²) in [4.78, 5) is 26.5. The smallest absolute Gasteiger partial charge is 0.312 e. The molecule has 1 aromatic carbocycles. The van der Waals surface area contributed by atoms with E-state index < -0.39 is 40.8 Å². The van der Waals surface area contributed by atoms with Gasteiger partial charge < -0.3 is 9.64 Å². The number of hydrogen-bond acceptors (Lipinski definition) is 3. The Morgan fingerprint density at radius 2 is 1.78 bits per heavy atom. The first-order valence-corrected chi connectivity index (χ1v) is 9.43. The van der Waals surface area contributed by atoms with Gasteiger partial charge in [-0.2, -0.15) is 0 Å². The van der Waals surface area contributed by atoms with E-state index in [-0.39, 0.29) is 5.97 Å². The molecule has 1 aliphatic heterocycles. The molecule has 148 valence electrons. The van der Waals surface area contributed by atoms with Crippen LogP contribution in [-0.4, -0.2) is 36.5 Å². The fourth-order valence-corrected chi connectivity index (χ4v) is 3.83. The van der Waals surface area contributed by atoms with Crippen molar-refractivity contribution in [1.82, 2.24) is 4.90 Å². The molecular formula is C20H24F3NO3. The minimum Gasteiger partial charge on any atom is -0.466 e. The normalized spacial score (nSPS) is 19.0. The lowest BCUT2D eigenvalue weighted by Gasteiger charge is -2.40. The second-order valence-electron chi connectivity index (χ2n) is 7.53. The van der Waals surface area contributed by atoms with Gasteiger partial charge in [0.2, 0.25) is 5.91 Å². The molecule has 0 atom stereocenters. The van der Waals surface area contributed by atoms with E-state index in [0.717, 1.165) is 25.3 Å². The predicted molar refractivity (Wildman–Crippen MR) is 92.2 cm³/mol. The number of esters is 1. The maximum atomic E-state index is 13.8. The number of likely N-dealkylation sites (tertiary alicyclic amines) is 1. The van der Waals surface area contributed by atoms with E-state index in [1.54, 1.807) is 6.92 Å². The van der Waals surface area contributed by atoms with Crippen molar-refractivity contribution in [2.45, 2.75) is 45.4 Å². The standard InChI is InChI=1S/C20H24F3NO3/c1-2-27-19(26)20(12-13-3-4-13)7-9-24(10-8-20)17(25)11-14-15(21)5-6-16(22)18(14)23/h5-6,13H,2-4,7-12H2,1H3. The first kappa shape index (κ1) is 19.7. The minimum absolute atomic E-state index is 0.216. The Morgan fingerprint density at radius 1 is 1.15 bits per heavy atom. The number of nitrogens with zero attached hydrogens (tertiary/aromatic N) is 1. The van der Waals surface area contributed by atoms with Gasteiger partial charge in [0.1, 0.15) is 5.82 Å². The fourth-order valence-electron chi connectivity index (χ4n) is 3.83. The Morgan fingerprint density at radius 3 is 2.37 bits per heavy atom. The van der Waals surface area contributed by atoms with Gasteiger partial charge in [0.15, 0.2) is 11.6 Å². The number of hydrogen-bond donors (Lipinski definition) is 0. The highest BCUT2D eigenvalue weighted by molar-refractivity contribution is 5.80. The van der Waals surface area contributed by atoms with E-state index in [1.165, 1.54) is 4.90 Å². The summed E-state index contributed by atoms with van der Waals surface area (Å²) in [6, 6.07) is 1.52. The highest BCUT2D eigenvalue weighted by Gasteiger charge is 2.46. The van der Waals surface area contributed by atoms with E-state index in [0.29, 0.717) is 44.5 Å². The third-order valence-electron chi connectivity index (χ3n) is 5.62. The summed E-state index contributed by atoms with van der Waals surface area (Å²) >= 11 is 0. The van der Waals surface area contributed by atoms with Gasteiger partial charge in [0.05, 0.1) is 18.4 Å². The van der Waals surface area contributed by atoms with Crippen LogP contribution in [0.3, 0.4) is 0 Å². The van der Waals surface area contributed by atoms with Crippen LogP contribution in [0.4, 0.5) is 13.2 Å². The Bertz CT molecular complexity index is 725. The summed E-state index contributed by atoms with van der Waals surface area (Å²) in [5.41, 5.74) is -1.14. The van der Waals surface area contributed by atoms with Crippen LogP contribution in [0.1, 0.15) is 44.6 Å². The summed E-state index contributed by atoms with van der Waals surface area (Å²) in [6.07, 6.45) is 3.40. The maximum Gasteiger partial charge on any atom is 0.312 e. The second-order valence-corrected chi connectivity index (χ2v) is 7.53. The van der Waals surface area contributed by atoms with Gasteiger partial charge in [-0.1, -0.05) is 12.8 Å². The SMILES string of the molecule is CCOC(=O)C1(CC2CC2)CCN(C(=O)Cc2c(F)ccc(F)c2F)CC1. The average Bonchev–Trinajstić information content (AvgIpc) is 3.46. The monoisotopic (exact) mass is 383 g/mol. The van der Waals surface area contributed by atoms with Gasteiger partial charge in [0, 0.05) is 18.7 Å². The van der Waals surface area contributed by atoms with Crippen molar-refractivity contribution in [3.63, 3.8) is 0 Å². The lowest BCUT2D eigenvalue weighted by Crippen LogP contribution is -2.48. The lowest BCUT2D eigenvalue weighted by atomic mass is 9.74. The first-order chi connectivity index (χ1) is 12.9. The van der Waals surface area contributed by atoms with Gasteiger partial charge in [-0.15, -0.1) is 0 Å². The number of amides is 1. The molecule has 0 bridgehead atoms. The zero-order chi connectivity index (χ0) is 19.6.